The molecule has 0 aromatic heterocycles. The van der Waals surface area contributed by atoms with Crippen molar-refractivity contribution in [2.45, 2.75) is 44.6 Å². The zero-order chi connectivity index (χ0) is 27.1. The highest BCUT2D eigenvalue weighted by Crippen LogP contribution is 2.40. The van der Waals surface area contributed by atoms with Crippen molar-refractivity contribution in [2.75, 3.05) is 55.7 Å². The predicted octanol–water partition coefficient (Wildman–Crippen LogP) is 4.46. The molecule has 0 N–H and O–H groups in total. The van der Waals surface area contributed by atoms with Gasteiger partial charge in [0.15, 0.2) is 23.0 Å². The third kappa shape index (κ3) is 5.89. The Bertz CT molecular complexity index is 983. The highest BCUT2D eigenvalue weighted by atomic mass is 16.5. The molecule has 1 saturated heterocycles. The fourth-order valence-corrected chi connectivity index (χ4v) is 5.48. The summed E-state index contributed by atoms with van der Waals surface area (Å²) >= 11 is 0. The van der Waals surface area contributed by atoms with Crippen LogP contribution in [0.15, 0.2) is 36.6 Å². The van der Waals surface area contributed by atoms with E-state index >= 15 is 0 Å². The molecule has 38 heavy (non-hydrogen) atoms. The first kappa shape index (κ1) is 27.7. The van der Waals surface area contributed by atoms with E-state index in [1.807, 2.05) is 30.5 Å². The van der Waals surface area contributed by atoms with Gasteiger partial charge in [-0.1, -0.05) is 0 Å². The molecule has 0 saturated carbocycles. The van der Waals surface area contributed by atoms with Gasteiger partial charge < -0.3 is 33.2 Å². The fraction of sp³-hybridized carbons (Fsp3) is 0.517. The van der Waals surface area contributed by atoms with Gasteiger partial charge in [-0.2, -0.15) is 0 Å². The SMILES string of the molecule is COc1cc(CN2CCCN(Cc3cc(OC)c(OC)c(OC)c3)C2[C@@H]2CCC=CO2)cc(OC)c1OC. The van der Waals surface area contributed by atoms with E-state index in [9.17, 15) is 0 Å². The summed E-state index contributed by atoms with van der Waals surface area (Å²) < 4.78 is 39.7. The summed E-state index contributed by atoms with van der Waals surface area (Å²) in [6.45, 7) is 3.35. The molecule has 0 unspecified atom stereocenters. The summed E-state index contributed by atoms with van der Waals surface area (Å²) in [5.41, 5.74) is 2.18. The summed E-state index contributed by atoms with van der Waals surface area (Å²) in [5.74, 6) is 3.81. The van der Waals surface area contributed by atoms with Gasteiger partial charge in [0.1, 0.15) is 12.3 Å². The Hall–Kier alpha value is -3.30. The van der Waals surface area contributed by atoms with Gasteiger partial charge >= 0.3 is 0 Å². The molecule has 9 nitrogen and oxygen atoms in total. The summed E-state index contributed by atoms with van der Waals surface area (Å²) in [4.78, 5) is 4.98. The van der Waals surface area contributed by atoms with Crippen molar-refractivity contribution in [3.8, 4) is 34.5 Å². The quantitative estimate of drug-likeness (QED) is 0.420. The van der Waals surface area contributed by atoms with Crippen LogP contribution in [0.5, 0.6) is 34.5 Å². The Morgan fingerprint density at radius 1 is 0.684 bits per heavy atom. The molecule has 2 aliphatic rings. The van der Waals surface area contributed by atoms with E-state index in [4.69, 9.17) is 33.2 Å². The minimum absolute atomic E-state index is 0.0457. The van der Waals surface area contributed by atoms with Crippen LogP contribution in [0.2, 0.25) is 0 Å². The monoisotopic (exact) mass is 528 g/mol. The second-order valence-electron chi connectivity index (χ2n) is 9.40. The van der Waals surface area contributed by atoms with E-state index in [1.165, 1.54) is 0 Å². The average Bonchev–Trinajstić information content (AvgIpc) is 2.96. The molecule has 0 radical (unpaired) electrons. The molecule has 2 aliphatic heterocycles. The van der Waals surface area contributed by atoms with Crippen molar-refractivity contribution in [1.82, 2.24) is 9.80 Å². The van der Waals surface area contributed by atoms with Crippen molar-refractivity contribution in [3.05, 3.63) is 47.7 Å². The number of methoxy groups -OCH3 is 6. The first-order chi connectivity index (χ1) is 18.6. The predicted molar refractivity (Wildman–Crippen MR) is 145 cm³/mol. The van der Waals surface area contributed by atoms with Crippen LogP contribution in [0.1, 0.15) is 30.4 Å². The number of rotatable bonds is 11. The second-order valence-corrected chi connectivity index (χ2v) is 9.40. The molecule has 2 aromatic rings. The van der Waals surface area contributed by atoms with E-state index in [-0.39, 0.29) is 12.3 Å². The number of nitrogens with zero attached hydrogens (tertiary/aromatic N) is 2. The summed E-state index contributed by atoms with van der Waals surface area (Å²) in [6.07, 6.45) is 7.05. The maximum Gasteiger partial charge on any atom is 0.203 e. The first-order valence-corrected chi connectivity index (χ1v) is 12.9. The smallest absolute Gasteiger partial charge is 0.203 e. The van der Waals surface area contributed by atoms with E-state index in [0.29, 0.717) is 34.5 Å². The Morgan fingerprint density at radius 3 is 1.47 bits per heavy atom. The summed E-state index contributed by atoms with van der Waals surface area (Å²) in [6, 6.07) is 8.10. The topological polar surface area (TPSA) is 71.1 Å². The Morgan fingerprint density at radius 2 is 1.13 bits per heavy atom. The molecule has 0 bridgehead atoms. The number of hydrogen-bond donors (Lipinski definition) is 0. The Kier molecular flexibility index (Phi) is 9.47. The van der Waals surface area contributed by atoms with Crippen LogP contribution in [0.25, 0.3) is 0 Å². The van der Waals surface area contributed by atoms with Crippen molar-refractivity contribution in [3.63, 3.8) is 0 Å². The van der Waals surface area contributed by atoms with Gasteiger partial charge in [0.05, 0.1) is 48.9 Å². The van der Waals surface area contributed by atoms with E-state index in [2.05, 4.69) is 15.9 Å². The molecular weight excluding hydrogens is 488 g/mol. The lowest BCUT2D eigenvalue weighted by molar-refractivity contribution is -0.0891. The summed E-state index contributed by atoms with van der Waals surface area (Å²) in [5, 5.41) is 0. The van der Waals surface area contributed by atoms with Crippen molar-refractivity contribution in [2.24, 2.45) is 0 Å². The summed E-state index contributed by atoms with van der Waals surface area (Å²) in [7, 11) is 9.82. The van der Waals surface area contributed by atoms with Gasteiger partial charge in [-0.25, -0.2) is 0 Å². The maximum atomic E-state index is 6.20. The molecule has 1 atom stereocenters. The van der Waals surface area contributed by atoms with Gasteiger partial charge in [-0.3, -0.25) is 9.80 Å². The molecule has 1 fully saturated rings. The highest BCUT2D eigenvalue weighted by molar-refractivity contribution is 5.54. The molecule has 9 heteroatoms. The van der Waals surface area contributed by atoms with E-state index < -0.39 is 0 Å². The minimum atomic E-state index is 0.0457. The van der Waals surface area contributed by atoms with Crippen LogP contribution >= 0.6 is 0 Å². The van der Waals surface area contributed by atoms with Gasteiger partial charge in [-0.15, -0.1) is 0 Å². The molecule has 0 amide bonds. The van der Waals surface area contributed by atoms with Gasteiger partial charge in [0.25, 0.3) is 0 Å². The molecule has 208 valence electrons. The first-order valence-electron chi connectivity index (χ1n) is 12.9. The molecule has 0 spiro atoms. The van der Waals surface area contributed by atoms with Crippen molar-refractivity contribution >= 4 is 0 Å². The van der Waals surface area contributed by atoms with E-state index in [0.717, 1.165) is 56.6 Å². The standard InChI is InChI=1S/C29H40N2O7/c1-32-23-14-20(15-24(33-2)27(23)36-5)18-30-11-9-12-31(29(30)22-10-7-8-13-38-22)19-21-16-25(34-3)28(37-6)26(17-21)35-4/h8,13-17,22,29H,7,9-12,18-19H2,1-6H3/t22-/m0/s1. The second kappa shape index (κ2) is 13.0. The van der Waals surface area contributed by atoms with Crippen molar-refractivity contribution < 1.29 is 33.2 Å². The zero-order valence-corrected chi connectivity index (χ0v) is 23.3. The molecule has 0 aliphatic carbocycles. The Balaban J connectivity index is 1.65. The molecular formula is C29H40N2O7. The van der Waals surface area contributed by atoms with Crippen molar-refractivity contribution in [1.29, 1.82) is 0 Å². The number of benzene rings is 2. The van der Waals surface area contributed by atoms with Gasteiger partial charge in [0.2, 0.25) is 11.5 Å². The number of hydrogen-bond acceptors (Lipinski definition) is 9. The van der Waals surface area contributed by atoms with Crippen LogP contribution < -0.4 is 28.4 Å². The fourth-order valence-electron chi connectivity index (χ4n) is 5.48. The number of ether oxygens (including phenoxy) is 7. The third-order valence-corrected chi connectivity index (χ3v) is 7.16. The normalized spacial score (nSPS) is 18.5. The lowest BCUT2D eigenvalue weighted by Gasteiger charge is -2.47. The van der Waals surface area contributed by atoms with Crippen LogP contribution in [0, 0.1) is 0 Å². The third-order valence-electron chi connectivity index (χ3n) is 7.16. The van der Waals surface area contributed by atoms with Crippen LogP contribution in [0.4, 0.5) is 0 Å². The van der Waals surface area contributed by atoms with Crippen LogP contribution in [0.3, 0.4) is 0 Å². The van der Waals surface area contributed by atoms with Crippen LogP contribution in [-0.4, -0.2) is 77.8 Å². The maximum absolute atomic E-state index is 6.20. The molecule has 4 rings (SSSR count). The molecule has 2 aromatic carbocycles. The average molecular weight is 529 g/mol. The highest BCUT2D eigenvalue weighted by Gasteiger charge is 2.37. The van der Waals surface area contributed by atoms with Gasteiger partial charge in [-0.05, 0) is 60.7 Å². The van der Waals surface area contributed by atoms with E-state index in [1.54, 1.807) is 42.7 Å². The zero-order valence-electron chi connectivity index (χ0n) is 23.3. The molecule has 2 heterocycles. The number of allylic oxidation sites excluding steroid dienone is 1. The largest absolute Gasteiger partial charge is 0.495 e. The Labute approximate surface area is 225 Å². The minimum Gasteiger partial charge on any atom is -0.495 e. The van der Waals surface area contributed by atoms with Gasteiger partial charge in [0, 0.05) is 26.2 Å². The van der Waals surface area contributed by atoms with Crippen LogP contribution in [-0.2, 0) is 17.8 Å². The lowest BCUT2D eigenvalue weighted by Crippen LogP contribution is -2.58. The lowest BCUT2D eigenvalue weighted by atomic mass is 10.0.